The highest BCUT2D eigenvalue weighted by molar-refractivity contribution is 5.89. The van der Waals surface area contributed by atoms with E-state index in [0.29, 0.717) is 6.54 Å². The van der Waals surface area contributed by atoms with Gasteiger partial charge in [0.1, 0.15) is 11.6 Å². The van der Waals surface area contributed by atoms with Crippen LogP contribution in [0, 0.1) is 5.82 Å². The number of benzene rings is 1. The van der Waals surface area contributed by atoms with Crippen molar-refractivity contribution in [3.05, 3.63) is 29.8 Å². The van der Waals surface area contributed by atoms with Gasteiger partial charge in [0.25, 0.3) is 0 Å². The van der Waals surface area contributed by atoms with Crippen LogP contribution in [0.25, 0.3) is 10.9 Å². The number of likely N-dealkylation sites (N-methyl/N-ethyl adjacent to an activating group) is 1. The zero-order valence-electron chi connectivity index (χ0n) is 14.1. The van der Waals surface area contributed by atoms with E-state index in [1.54, 1.807) is 0 Å². The van der Waals surface area contributed by atoms with Gasteiger partial charge in [-0.1, -0.05) is 12.8 Å². The topological polar surface area (TPSA) is 41.0 Å². The first-order chi connectivity index (χ1) is 11.7. The predicted molar refractivity (Wildman–Crippen MR) is 87.9 cm³/mol. The molecular weight excluding hydrogens is 336 g/mol. The fourth-order valence-corrected chi connectivity index (χ4v) is 3.43. The fraction of sp³-hybridized carbons (Fsp3) is 0.529. The maximum atomic E-state index is 13.6. The zero-order chi connectivity index (χ0) is 18.2. The van der Waals surface area contributed by atoms with E-state index in [0.717, 1.165) is 37.8 Å². The monoisotopic (exact) mass is 356 g/mol. The minimum Gasteiger partial charge on any atom is -0.368 e. The molecule has 1 aromatic heterocycles. The smallest absolute Gasteiger partial charge is 0.368 e. The van der Waals surface area contributed by atoms with Gasteiger partial charge in [-0.2, -0.15) is 13.2 Å². The highest BCUT2D eigenvalue weighted by atomic mass is 19.4. The van der Waals surface area contributed by atoms with E-state index in [1.165, 1.54) is 6.07 Å². The largest absolute Gasteiger partial charge is 0.451 e. The Bertz CT molecular complexity index is 767. The summed E-state index contributed by atoms with van der Waals surface area (Å²) in [5.41, 5.74) is -0.0697. The van der Waals surface area contributed by atoms with Crippen molar-refractivity contribution < 1.29 is 17.6 Å². The molecular formula is C17H20F4N4. The molecule has 1 aliphatic rings. The van der Waals surface area contributed by atoms with E-state index >= 15 is 0 Å². The molecule has 0 spiro atoms. The Morgan fingerprint density at radius 1 is 1.16 bits per heavy atom. The Labute approximate surface area is 143 Å². The Hall–Kier alpha value is -1.96. The average Bonchev–Trinajstić information content (AvgIpc) is 3.02. The summed E-state index contributed by atoms with van der Waals surface area (Å²) in [5.74, 6) is -1.74. The van der Waals surface area contributed by atoms with Crippen molar-refractivity contribution in [2.24, 2.45) is 0 Å². The first-order valence-corrected chi connectivity index (χ1v) is 8.17. The number of nitrogens with zero attached hydrogens (tertiary/aromatic N) is 3. The van der Waals surface area contributed by atoms with Gasteiger partial charge in [-0.15, -0.1) is 0 Å². The maximum absolute atomic E-state index is 13.6. The Morgan fingerprint density at radius 2 is 1.84 bits per heavy atom. The van der Waals surface area contributed by atoms with Crippen LogP contribution in [0.2, 0.25) is 0 Å². The van der Waals surface area contributed by atoms with Gasteiger partial charge in [-0.3, -0.25) is 0 Å². The normalized spacial score (nSPS) is 17.4. The van der Waals surface area contributed by atoms with E-state index in [2.05, 4.69) is 20.2 Å². The van der Waals surface area contributed by atoms with Gasteiger partial charge in [0.05, 0.1) is 5.52 Å². The summed E-state index contributed by atoms with van der Waals surface area (Å²) in [6.07, 6.45) is -0.599. The second-order valence-electron chi connectivity index (χ2n) is 6.73. The second kappa shape index (κ2) is 6.40. The van der Waals surface area contributed by atoms with E-state index < -0.39 is 17.8 Å². The Kier molecular flexibility index (Phi) is 4.57. The molecule has 0 radical (unpaired) electrons. The molecule has 136 valence electrons. The molecule has 0 bridgehead atoms. The van der Waals surface area contributed by atoms with Crippen LogP contribution in [0.15, 0.2) is 18.2 Å². The highest BCUT2D eigenvalue weighted by Crippen LogP contribution is 2.35. The van der Waals surface area contributed by atoms with Crippen molar-refractivity contribution in [1.82, 2.24) is 14.9 Å². The average molecular weight is 356 g/mol. The van der Waals surface area contributed by atoms with Gasteiger partial charge >= 0.3 is 6.18 Å². The SMILES string of the molecule is CN(C)C1(CNc2nc(C(F)(F)F)nc3ccc(F)cc23)CCCC1. The lowest BCUT2D eigenvalue weighted by Gasteiger charge is -2.36. The molecule has 4 nitrogen and oxygen atoms in total. The minimum atomic E-state index is -4.66. The molecule has 1 heterocycles. The van der Waals surface area contributed by atoms with Gasteiger partial charge < -0.3 is 10.2 Å². The van der Waals surface area contributed by atoms with E-state index in [4.69, 9.17) is 0 Å². The maximum Gasteiger partial charge on any atom is 0.451 e. The predicted octanol–water partition coefficient (Wildman–Crippen LogP) is 4.07. The summed E-state index contributed by atoms with van der Waals surface area (Å²) < 4.78 is 52.8. The van der Waals surface area contributed by atoms with Crippen LogP contribution < -0.4 is 5.32 Å². The molecule has 1 saturated carbocycles. The van der Waals surface area contributed by atoms with Gasteiger partial charge in [0.2, 0.25) is 5.82 Å². The van der Waals surface area contributed by atoms with Crippen LogP contribution in [0.1, 0.15) is 31.5 Å². The van der Waals surface area contributed by atoms with E-state index in [9.17, 15) is 17.6 Å². The quantitative estimate of drug-likeness (QED) is 0.839. The Balaban J connectivity index is 2.00. The molecule has 0 saturated heterocycles. The molecule has 8 heteroatoms. The molecule has 1 N–H and O–H groups in total. The van der Waals surface area contributed by atoms with Crippen molar-refractivity contribution in [1.29, 1.82) is 0 Å². The molecule has 0 atom stereocenters. The lowest BCUT2D eigenvalue weighted by Crippen LogP contribution is -2.47. The molecule has 3 rings (SSSR count). The summed E-state index contributed by atoms with van der Waals surface area (Å²) in [5, 5.41) is 3.28. The minimum absolute atomic E-state index is 0.0185. The Morgan fingerprint density at radius 3 is 2.44 bits per heavy atom. The van der Waals surface area contributed by atoms with Gasteiger partial charge in [0, 0.05) is 17.5 Å². The standard InChI is InChI=1S/C17H20F4N4/c1-25(2)16(7-3-4-8-16)10-22-14-12-9-11(18)5-6-13(12)23-15(24-14)17(19,20)21/h5-6,9H,3-4,7-8,10H2,1-2H3,(H,22,23,24). The number of nitrogens with one attached hydrogen (secondary N) is 1. The van der Waals surface area contributed by atoms with Crippen LogP contribution in [0.3, 0.4) is 0 Å². The summed E-state index contributed by atoms with van der Waals surface area (Å²) in [7, 11) is 3.93. The molecule has 1 aliphatic carbocycles. The summed E-state index contributed by atoms with van der Waals surface area (Å²) in [6.45, 7) is 0.444. The molecule has 25 heavy (non-hydrogen) atoms. The van der Waals surface area contributed by atoms with Crippen molar-refractivity contribution in [3.63, 3.8) is 0 Å². The number of alkyl halides is 3. The molecule has 1 aromatic carbocycles. The number of aromatic nitrogens is 2. The van der Waals surface area contributed by atoms with Gasteiger partial charge in [-0.05, 0) is 45.1 Å². The number of anilines is 1. The molecule has 0 amide bonds. The van der Waals surface area contributed by atoms with Crippen LogP contribution in [0.4, 0.5) is 23.4 Å². The highest BCUT2D eigenvalue weighted by Gasteiger charge is 2.37. The number of hydrogen-bond acceptors (Lipinski definition) is 4. The number of fused-ring (bicyclic) bond motifs is 1. The zero-order valence-corrected chi connectivity index (χ0v) is 14.1. The lowest BCUT2D eigenvalue weighted by atomic mass is 9.96. The van der Waals surface area contributed by atoms with Crippen LogP contribution in [0.5, 0.6) is 0 Å². The van der Waals surface area contributed by atoms with Crippen LogP contribution in [-0.4, -0.2) is 41.0 Å². The first kappa shape index (κ1) is 17.8. The van der Waals surface area contributed by atoms with Crippen molar-refractivity contribution >= 4 is 16.7 Å². The van der Waals surface area contributed by atoms with Crippen LogP contribution >= 0.6 is 0 Å². The number of halogens is 4. The summed E-state index contributed by atoms with van der Waals surface area (Å²) in [4.78, 5) is 9.26. The molecule has 0 aliphatic heterocycles. The van der Waals surface area contributed by atoms with Gasteiger partial charge in [0.15, 0.2) is 0 Å². The fourth-order valence-electron chi connectivity index (χ4n) is 3.43. The van der Waals surface area contributed by atoms with Gasteiger partial charge in [-0.25, -0.2) is 14.4 Å². The summed E-state index contributed by atoms with van der Waals surface area (Å²) >= 11 is 0. The van der Waals surface area contributed by atoms with E-state index in [1.807, 2.05) is 14.1 Å². The third-order valence-corrected chi connectivity index (χ3v) is 4.98. The van der Waals surface area contributed by atoms with Crippen molar-refractivity contribution in [2.45, 2.75) is 37.4 Å². The third kappa shape index (κ3) is 3.53. The molecule has 0 unspecified atom stereocenters. The van der Waals surface area contributed by atoms with Crippen LogP contribution in [-0.2, 0) is 6.18 Å². The molecule has 1 fully saturated rings. The third-order valence-electron chi connectivity index (χ3n) is 4.98. The second-order valence-corrected chi connectivity index (χ2v) is 6.73. The van der Waals surface area contributed by atoms with Crippen molar-refractivity contribution in [3.8, 4) is 0 Å². The number of hydrogen-bond donors (Lipinski definition) is 1. The molecule has 2 aromatic rings. The van der Waals surface area contributed by atoms with Crippen molar-refractivity contribution in [2.75, 3.05) is 26.0 Å². The lowest BCUT2D eigenvalue weighted by molar-refractivity contribution is -0.144. The first-order valence-electron chi connectivity index (χ1n) is 8.17. The summed E-state index contributed by atoms with van der Waals surface area (Å²) in [6, 6.07) is 3.50. The number of rotatable bonds is 4. The van der Waals surface area contributed by atoms with E-state index in [-0.39, 0.29) is 22.3 Å².